The minimum absolute atomic E-state index is 0.168. The predicted octanol–water partition coefficient (Wildman–Crippen LogP) is 1.52. The van der Waals surface area contributed by atoms with E-state index in [4.69, 9.17) is 5.73 Å². The van der Waals surface area contributed by atoms with Crippen LogP contribution in [0.2, 0.25) is 0 Å². The average Bonchev–Trinajstić information content (AvgIpc) is 3.02. The fraction of sp³-hybridized carbons (Fsp3) is 0.188. The van der Waals surface area contributed by atoms with Gasteiger partial charge in [0.25, 0.3) is 0 Å². The van der Waals surface area contributed by atoms with E-state index in [0.717, 1.165) is 12.2 Å². The summed E-state index contributed by atoms with van der Waals surface area (Å²) in [5.41, 5.74) is 6.86. The van der Waals surface area contributed by atoms with Crippen molar-refractivity contribution in [3.8, 4) is 0 Å². The van der Waals surface area contributed by atoms with E-state index < -0.39 is 5.91 Å². The molecule has 0 fully saturated rings. The van der Waals surface area contributed by atoms with Crippen molar-refractivity contribution in [3.05, 3.63) is 47.8 Å². The topological polar surface area (TPSA) is 115 Å². The molecule has 25 heavy (non-hydrogen) atoms. The lowest BCUT2D eigenvalue weighted by Gasteiger charge is -2.06. The molecule has 2 heterocycles. The number of nitrogens with one attached hydrogen (secondary N) is 1. The van der Waals surface area contributed by atoms with Gasteiger partial charge in [-0.05, 0) is 36.4 Å². The number of hydrogen-bond acceptors (Lipinski definition) is 6. The number of aryl methyl sites for hydroxylation is 1. The molecule has 3 aromatic rings. The van der Waals surface area contributed by atoms with Gasteiger partial charge in [0, 0.05) is 17.7 Å². The van der Waals surface area contributed by atoms with Gasteiger partial charge in [-0.3, -0.25) is 9.59 Å². The van der Waals surface area contributed by atoms with E-state index in [1.54, 1.807) is 28.8 Å². The van der Waals surface area contributed by atoms with E-state index in [1.165, 1.54) is 11.8 Å². The Morgan fingerprint density at radius 3 is 2.60 bits per heavy atom. The van der Waals surface area contributed by atoms with Gasteiger partial charge >= 0.3 is 0 Å². The van der Waals surface area contributed by atoms with Crippen LogP contribution in [0.15, 0.2) is 41.4 Å². The van der Waals surface area contributed by atoms with Gasteiger partial charge in [0.1, 0.15) is 5.03 Å². The second-order valence-electron chi connectivity index (χ2n) is 5.19. The highest BCUT2D eigenvalue weighted by atomic mass is 32.2. The summed E-state index contributed by atoms with van der Waals surface area (Å²) in [6.07, 6.45) is 0.726. The molecule has 0 spiro atoms. The highest BCUT2D eigenvalue weighted by Crippen LogP contribution is 2.17. The third-order valence-electron chi connectivity index (χ3n) is 3.42. The summed E-state index contributed by atoms with van der Waals surface area (Å²) in [4.78, 5) is 23.1. The van der Waals surface area contributed by atoms with Gasteiger partial charge in [0.05, 0.1) is 5.75 Å². The van der Waals surface area contributed by atoms with E-state index in [-0.39, 0.29) is 11.7 Å². The Labute approximate surface area is 147 Å². The minimum atomic E-state index is -0.504. The Morgan fingerprint density at radius 2 is 1.92 bits per heavy atom. The van der Waals surface area contributed by atoms with E-state index >= 15 is 0 Å². The highest BCUT2D eigenvalue weighted by molar-refractivity contribution is 7.99. The second kappa shape index (κ2) is 7.31. The molecule has 0 saturated heterocycles. The molecule has 0 unspecified atom stereocenters. The Hall–Kier alpha value is -2.94. The SMILES string of the molecule is CCc1nnc2ccc(SCC(=O)Nc3ccc(C(N)=O)cc3)nn12. The number of carbonyl (C=O) groups excluding carboxylic acids is 2. The lowest BCUT2D eigenvalue weighted by Crippen LogP contribution is -2.15. The zero-order valence-corrected chi connectivity index (χ0v) is 14.3. The van der Waals surface area contributed by atoms with Crippen LogP contribution < -0.4 is 11.1 Å². The molecule has 0 saturated carbocycles. The summed E-state index contributed by atoms with van der Waals surface area (Å²) < 4.78 is 1.68. The fourth-order valence-corrected chi connectivity index (χ4v) is 2.82. The zero-order valence-electron chi connectivity index (χ0n) is 13.5. The maximum atomic E-state index is 12.1. The maximum absolute atomic E-state index is 12.1. The Bertz CT molecular complexity index is 922. The number of thioether (sulfide) groups is 1. The maximum Gasteiger partial charge on any atom is 0.248 e. The Morgan fingerprint density at radius 1 is 1.16 bits per heavy atom. The summed E-state index contributed by atoms with van der Waals surface area (Å²) in [5, 5.41) is 16.0. The average molecular weight is 356 g/mol. The first-order valence-electron chi connectivity index (χ1n) is 7.60. The molecule has 3 rings (SSSR count). The van der Waals surface area contributed by atoms with Crippen LogP contribution in [0.1, 0.15) is 23.1 Å². The first-order chi connectivity index (χ1) is 12.1. The first kappa shape index (κ1) is 16.9. The van der Waals surface area contributed by atoms with Gasteiger partial charge in [-0.2, -0.15) is 9.61 Å². The zero-order chi connectivity index (χ0) is 17.8. The number of aromatic nitrogens is 4. The standard InChI is InChI=1S/C16H16N6O2S/c1-2-12-19-20-13-7-8-15(21-22(12)13)25-9-14(23)18-11-5-3-10(4-6-11)16(17)24/h3-8H,2,9H2,1H3,(H2,17,24)(H,18,23). The van der Waals surface area contributed by atoms with Crippen molar-refractivity contribution >= 4 is 34.9 Å². The van der Waals surface area contributed by atoms with Crippen LogP contribution in [-0.2, 0) is 11.2 Å². The number of rotatable bonds is 6. The van der Waals surface area contributed by atoms with Crippen molar-refractivity contribution in [3.63, 3.8) is 0 Å². The van der Waals surface area contributed by atoms with Crippen LogP contribution in [-0.4, -0.2) is 37.4 Å². The van der Waals surface area contributed by atoms with Gasteiger partial charge in [0.2, 0.25) is 11.8 Å². The summed E-state index contributed by atoms with van der Waals surface area (Å²) in [7, 11) is 0. The molecule has 0 radical (unpaired) electrons. The van der Waals surface area contributed by atoms with E-state index in [0.29, 0.717) is 21.9 Å². The third-order valence-corrected chi connectivity index (χ3v) is 4.34. The molecule has 9 heteroatoms. The molecule has 2 aromatic heterocycles. The van der Waals surface area contributed by atoms with E-state index in [2.05, 4.69) is 20.6 Å². The number of nitrogens with zero attached hydrogens (tertiary/aromatic N) is 4. The predicted molar refractivity (Wildman–Crippen MR) is 94.5 cm³/mol. The fourth-order valence-electron chi connectivity index (χ4n) is 2.17. The van der Waals surface area contributed by atoms with E-state index in [9.17, 15) is 9.59 Å². The summed E-state index contributed by atoms with van der Waals surface area (Å²) in [6, 6.07) is 10.0. The Balaban J connectivity index is 1.61. The van der Waals surface area contributed by atoms with Gasteiger partial charge in [-0.25, -0.2) is 0 Å². The number of primary amides is 1. The second-order valence-corrected chi connectivity index (χ2v) is 6.19. The number of nitrogens with two attached hydrogens (primary N) is 1. The van der Waals surface area contributed by atoms with Crippen LogP contribution in [0, 0.1) is 0 Å². The molecule has 1 aromatic carbocycles. The number of fused-ring (bicyclic) bond motifs is 1. The lowest BCUT2D eigenvalue weighted by molar-refractivity contribution is -0.113. The molecule has 0 atom stereocenters. The number of carbonyl (C=O) groups is 2. The molecule has 0 aliphatic carbocycles. The smallest absolute Gasteiger partial charge is 0.248 e. The van der Waals surface area contributed by atoms with Crippen LogP contribution >= 0.6 is 11.8 Å². The van der Waals surface area contributed by atoms with Crippen LogP contribution in [0.4, 0.5) is 5.69 Å². The number of benzene rings is 1. The monoisotopic (exact) mass is 356 g/mol. The van der Waals surface area contributed by atoms with Crippen molar-refractivity contribution in [2.24, 2.45) is 5.73 Å². The number of hydrogen-bond donors (Lipinski definition) is 2. The van der Waals surface area contributed by atoms with Crippen LogP contribution in [0.5, 0.6) is 0 Å². The molecule has 3 N–H and O–H groups in total. The number of anilines is 1. The largest absolute Gasteiger partial charge is 0.366 e. The van der Waals surface area contributed by atoms with Crippen molar-refractivity contribution in [2.45, 2.75) is 18.4 Å². The molecule has 0 aliphatic heterocycles. The molecular formula is C16H16N6O2S. The van der Waals surface area contributed by atoms with Gasteiger partial charge in [-0.15, -0.1) is 10.2 Å². The molecule has 2 amide bonds. The minimum Gasteiger partial charge on any atom is -0.366 e. The van der Waals surface area contributed by atoms with Crippen molar-refractivity contribution < 1.29 is 9.59 Å². The van der Waals surface area contributed by atoms with Crippen LogP contribution in [0.3, 0.4) is 0 Å². The van der Waals surface area contributed by atoms with Gasteiger partial charge in [0.15, 0.2) is 11.5 Å². The van der Waals surface area contributed by atoms with Gasteiger partial charge < -0.3 is 11.1 Å². The first-order valence-corrected chi connectivity index (χ1v) is 8.59. The van der Waals surface area contributed by atoms with Crippen LogP contribution in [0.25, 0.3) is 5.65 Å². The third kappa shape index (κ3) is 3.94. The summed E-state index contributed by atoms with van der Waals surface area (Å²) >= 11 is 1.32. The van der Waals surface area contributed by atoms with Crippen molar-refractivity contribution in [1.82, 2.24) is 19.8 Å². The van der Waals surface area contributed by atoms with Crippen molar-refractivity contribution in [1.29, 1.82) is 0 Å². The quantitative estimate of drug-likeness (QED) is 0.647. The number of amides is 2. The molecule has 0 aliphatic rings. The normalized spacial score (nSPS) is 10.8. The Kier molecular flexibility index (Phi) is 4.94. The lowest BCUT2D eigenvalue weighted by atomic mass is 10.2. The molecule has 0 bridgehead atoms. The van der Waals surface area contributed by atoms with E-state index in [1.807, 2.05) is 19.1 Å². The molecular weight excluding hydrogens is 340 g/mol. The molecule has 128 valence electrons. The van der Waals surface area contributed by atoms with Gasteiger partial charge in [-0.1, -0.05) is 18.7 Å². The summed E-state index contributed by atoms with van der Waals surface area (Å²) in [5.74, 6) is 0.310. The highest BCUT2D eigenvalue weighted by Gasteiger charge is 2.09. The molecule has 8 nitrogen and oxygen atoms in total. The summed E-state index contributed by atoms with van der Waals surface area (Å²) in [6.45, 7) is 1.98. The van der Waals surface area contributed by atoms with Crippen molar-refractivity contribution in [2.75, 3.05) is 11.1 Å².